The molecule has 0 saturated heterocycles. The first-order chi connectivity index (χ1) is 12.1. The van der Waals surface area contributed by atoms with Crippen molar-refractivity contribution in [3.05, 3.63) is 24.0 Å². The van der Waals surface area contributed by atoms with Crippen LogP contribution in [0.15, 0.2) is 18.2 Å². The standard InChI is InChI=1S/C17H24N6O2/c1-4-9-22(11-13-5-6-13)17(24)18-14-7-8-16(25-3)15(10-14)23-12(2)19-20-21-23/h7-8,10,13H,4-6,9,11H2,1-3H3,(H,18,24). The molecule has 1 heterocycles. The normalized spacial score (nSPS) is 13.6. The minimum absolute atomic E-state index is 0.0710. The van der Waals surface area contributed by atoms with E-state index in [-0.39, 0.29) is 6.03 Å². The van der Waals surface area contributed by atoms with E-state index in [9.17, 15) is 4.79 Å². The molecule has 1 fully saturated rings. The smallest absolute Gasteiger partial charge is 0.321 e. The van der Waals surface area contributed by atoms with Gasteiger partial charge in [-0.05, 0) is 60.7 Å². The van der Waals surface area contributed by atoms with Crippen molar-refractivity contribution in [3.63, 3.8) is 0 Å². The van der Waals surface area contributed by atoms with Crippen molar-refractivity contribution in [1.29, 1.82) is 0 Å². The Morgan fingerprint density at radius 1 is 1.44 bits per heavy atom. The van der Waals surface area contributed by atoms with Gasteiger partial charge in [-0.3, -0.25) is 0 Å². The van der Waals surface area contributed by atoms with Crippen LogP contribution in [0, 0.1) is 12.8 Å². The Morgan fingerprint density at radius 3 is 2.84 bits per heavy atom. The molecule has 3 rings (SSSR count). The van der Waals surface area contributed by atoms with Crippen molar-refractivity contribution in [2.45, 2.75) is 33.1 Å². The lowest BCUT2D eigenvalue weighted by Gasteiger charge is -2.22. The average Bonchev–Trinajstić information content (AvgIpc) is 3.33. The van der Waals surface area contributed by atoms with E-state index in [4.69, 9.17) is 4.74 Å². The summed E-state index contributed by atoms with van der Waals surface area (Å²) in [6, 6.07) is 5.37. The minimum Gasteiger partial charge on any atom is -0.494 e. The first kappa shape index (κ1) is 17.2. The van der Waals surface area contributed by atoms with Gasteiger partial charge in [-0.15, -0.1) is 5.10 Å². The molecule has 0 bridgehead atoms. The molecule has 0 unspecified atom stereocenters. The van der Waals surface area contributed by atoms with Gasteiger partial charge in [-0.25, -0.2) is 4.79 Å². The maximum absolute atomic E-state index is 12.6. The fraction of sp³-hybridized carbons (Fsp3) is 0.529. The van der Waals surface area contributed by atoms with Gasteiger partial charge >= 0.3 is 6.03 Å². The zero-order chi connectivity index (χ0) is 17.8. The first-order valence-corrected chi connectivity index (χ1v) is 8.61. The Balaban J connectivity index is 1.80. The molecule has 1 aliphatic rings. The number of anilines is 1. The number of carbonyl (C=O) groups excluding carboxylic acids is 1. The number of carbonyl (C=O) groups is 1. The molecule has 1 aromatic carbocycles. The molecule has 1 aliphatic carbocycles. The van der Waals surface area contributed by atoms with Gasteiger partial charge in [-0.1, -0.05) is 6.92 Å². The number of nitrogens with one attached hydrogen (secondary N) is 1. The van der Waals surface area contributed by atoms with Gasteiger partial charge in [0.15, 0.2) is 5.82 Å². The molecule has 25 heavy (non-hydrogen) atoms. The average molecular weight is 344 g/mol. The topological polar surface area (TPSA) is 85.2 Å². The molecule has 0 aliphatic heterocycles. The molecule has 134 valence electrons. The molecule has 2 amide bonds. The monoisotopic (exact) mass is 344 g/mol. The van der Waals surface area contributed by atoms with Gasteiger partial charge in [-0.2, -0.15) is 4.68 Å². The third-order valence-corrected chi connectivity index (χ3v) is 4.24. The summed E-state index contributed by atoms with van der Waals surface area (Å²) in [6.45, 7) is 5.48. The molecule has 1 saturated carbocycles. The Kier molecular flexibility index (Phi) is 5.16. The van der Waals surface area contributed by atoms with E-state index in [0.717, 1.165) is 19.5 Å². The predicted molar refractivity (Wildman–Crippen MR) is 94.0 cm³/mol. The molecule has 1 N–H and O–H groups in total. The molecule has 8 nitrogen and oxygen atoms in total. The van der Waals surface area contributed by atoms with Gasteiger partial charge in [0, 0.05) is 18.8 Å². The Bertz CT molecular complexity index is 740. The molecule has 0 atom stereocenters. The number of aromatic nitrogens is 4. The highest BCUT2D eigenvalue weighted by molar-refractivity contribution is 5.90. The molecule has 0 spiro atoms. The van der Waals surface area contributed by atoms with Gasteiger partial charge < -0.3 is 15.0 Å². The van der Waals surface area contributed by atoms with Gasteiger partial charge in [0.1, 0.15) is 11.4 Å². The predicted octanol–water partition coefficient (Wildman–Crippen LogP) is 2.63. The van der Waals surface area contributed by atoms with Crippen LogP contribution in [0.5, 0.6) is 5.75 Å². The van der Waals surface area contributed by atoms with Gasteiger partial charge in [0.05, 0.1) is 7.11 Å². The molecule has 8 heteroatoms. The lowest BCUT2D eigenvalue weighted by atomic mass is 10.2. The number of benzene rings is 1. The van der Waals surface area contributed by atoms with Crippen molar-refractivity contribution < 1.29 is 9.53 Å². The first-order valence-electron chi connectivity index (χ1n) is 8.61. The van der Waals surface area contributed by atoms with E-state index in [2.05, 4.69) is 27.8 Å². The molecular weight excluding hydrogens is 320 g/mol. The third-order valence-electron chi connectivity index (χ3n) is 4.24. The van der Waals surface area contributed by atoms with Crippen LogP contribution in [0.25, 0.3) is 5.69 Å². The lowest BCUT2D eigenvalue weighted by Crippen LogP contribution is -2.37. The third kappa shape index (κ3) is 4.07. The largest absolute Gasteiger partial charge is 0.494 e. The second-order valence-corrected chi connectivity index (χ2v) is 6.34. The van der Waals surface area contributed by atoms with Crippen molar-refractivity contribution >= 4 is 11.7 Å². The molecule has 1 aromatic heterocycles. The van der Waals surface area contributed by atoms with Crippen LogP contribution in [0.4, 0.5) is 10.5 Å². The summed E-state index contributed by atoms with van der Waals surface area (Å²) in [5, 5.41) is 14.5. The van der Waals surface area contributed by atoms with Gasteiger partial charge in [0.25, 0.3) is 0 Å². The van der Waals surface area contributed by atoms with Crippen LogP contribution >= 0.6 is 0 Å². The summed E-state index contributed by atoms with van der Waals surface area (Å²) >= 11 is 0. The number of rotatable bonds is 7. The lowest BCUT2D eigenvalue weighted by molar-refractivity contribution is 0.209. The summed E-state index contributed by atoms with van der Waals surface area (Å²) < 4.78 is 6.98. The van der Waals surface area contributed by atoms with Crippen molar-refractivity contribution in [3.8, 4) is 11.4 Å². The minimum atomic E-state index is -0.0710. The summed E-state index contributed by atoms with van der Waals surface area (Å²) in [6.07, 6.45) is 3.38. The number of hydrogen-bond acceptors (Lipinski definition) is 5. The van der Waals surface area contributed by atoms with Crippen LogP contribution in [0.2, 0.25) is 0 Å². The SMILES string of the molecule is CCCN(CC1CC1)C(=O)Nc1ccc(OC)c(-n2nnnc2C)c1. The Morgan fingerprint density at radius 2 is 2.24 bits per heavy atom. The molecule has 2 aromatic rings. The number of methoxy groups -OCH3 is 1. The highest BCUT2D eigenvalue weighted by atomic mass is 16.5. The van der Waals surface area contributed by atoms with Gasteiger partial charge in [0.2, 0.25) is 0 Å². The van der Waals surface area contributed by atoms with Crippen LogP contribution in [-0.4, -0.2) is 51.3 Å². The number of nitrogens with zero attached hydrogens (tertiary/aromatic N) is 5. The Labute approximate surface area is 147 Å². The van der Waals surface area contributed by atoms with Crippen molar-refractivity contribution in [1.82, 2.24) is 25.1 Å². The van der Waals surface area contributed by atoms with E-state index in [1.165, 1.54) is 12.8 Å². The molecule has 0 radical (unpaired) electrons. The van der Waals surface area contributed by atoms with E-state index in [1.807, 2.05) is 24.0 Å². The maximum atomic E-state index is 12.6. The second kappa shape index (κ2) is 7.50. The zero-order valence-electron chi connectivity index (χ0n) is 14.9. The number of amides is 2. The maximum Gasteiger partial charge on any atom is 0.321 e. The van der Waals surface area contributed by atoms with E-state index >= 15 is 0 Å². The number of tetrazole rings is 1. The van der Waals surface area contributed by atoms with Crippen molar-refractivity contribution in [2.24, 2.45) is 5.92 Å². The number of hydrogen-bond donors (Lipinski definition) is 1. The van der Waals surface area contributed by atoms with Crippen LogP contribution in [0.1, 0.15) is 32.0 Å². The molecular formula is C17H24N6O2. The van der Waals surface area contributed by atoms with Crippen molar-refractivity contribution in [2.75, 3.05) is 25.5 Å². The highest BCUT2D eigenvalue weighted by Gasteiger charge is 2.26. The number of aryl methyl sites for hydroxylation is 1. The van der Waals surface area contributed by atoms with Crippen LogP contribution in [0.3, 0.4) is 0 Å². The summed E-state index contributed by atoms with van der Waals surface area (Å²) in [7, 11) is 1.59. The quantitative estimate of drug-likeness (QED) is 0.834. The Hall–Kier alpha value is -2.64. The fourth-order valence-corrected chi connectivity index (χ4v) is 2.75. The van der Waals surface area contributed by atoms with Crippen LogP contribution < -0.4 is 10.1 Å². The highest BCUT2D eigenvalue weighted by Crippen LogP contribution is 2.30. The van der Waals surface area contributed by atoms with E-state index < -0.39 is 0 Å². The summed E-state index contributed by atoms with van der Waals surface area (Å²) in [5.41, 5.74) is 1.37. The summed E-state index contributed by atoms with van der Waals surface area (Å²) in [4.78, 5) is 14.5. The van der Waals surface area contributed by atoms with Crippen LogP contribution in [-0.2, 0) is 0 Å². The van der Waals surface area contributed by atoms with E-state index in [0.29, 0.717) is 28.9 Å². The number of ether oxygens (including phenoxy) is 1. The summed E-state index contributed by atoms with van der Waals surface area (Å²) in [5.74, 6) is 1.94. The number of urea groups is 1. The zero-order valence-corrected chi connectivity index (χ0v) is 14.9. The van der Waals surface area contributed by atoms with E-state index in [1.54, 1.807) is 17.9 Å². The second-order valence-electron chi connectivity index (χ2n) is 6.34. The fourth-order valence-electron chi connectivity index (χ4n) is 2.75.